The van der Waals surface area contributed by atoms with Crippen LogP contribution in [-0.4, -0.2) is 46.5 Å². The average Bonchev–Trinajstić information content (AvgIpc) is 2.68. The minimum absolute atomic E-state index is 0.106. The number of hydrogen-bond donors (Lipinski definition) is 1. The number of ether oxygens (including phenoxy) is 1. The predicted octanol–water partition coefficient (Wildman–Crippen LogP) is 3.71. The first-order chi connectivity index (χ1) is 13.3. The average molecular weight is 402 g/mol. The number of benzene rings is 2. The van der Waals surface area contributed by atoms with E-state index >= 15 is 0 Å². The van der Waals surface area contributed by atoms with E-state index in [-0.39, 0.29) is 17.8 Å². The van der Waals surface area contributed by atoms with E-state index in [1.807, 2.05) is 0 Å². The topological polar surface area (TPSA) is 66.8 Å². The highest BCUT2D eigenvalue weighted by molar-refractivity contribution is 6.30. The van der Waals surface area contributed by atoms with Crippen LogP contribution in [0, 0.1) is 0 Å². The SMILES string of the molecule is CC(C)(Oc1ccc(C(=O)c2ccc(Cl)cc2)cc1)C(=O)N1CCC(O)CC1. The summed E-state index contributed by atoms with van der Waals surface area (Å²) in [4.78, 5) is 27.0. The van der Waals surface area contributed by atoms with Gasteiger partial charge in [-0.25, -0.2) is 0 Å². The fourth-order valence-corrected chi connectivity index (χ4v) is 3.36. The third-order valence-corrected chi connectivity index (χ3v) is 5.11. The van der Waals surface area contributed by atoms with Gasteiger partial charge in [0.25, 0.3) is 5.91 Å². The molecule has 0 aromatic heterocycles. The quantitative estimate of drug-likeness (QED) is 0.775. The highest BCUT2D eigenvalue weighted by Crippen LogP contribution is 2.24. The maximum Gasteiger partial charge on any atom is 0.266 e. The van der Waals surface area contributed by atoms with E-state index in [0.717, 1.165) is 0 Å². The highest BCUT2D eigenvalue weighted by atomic mass is 35.5. The summed E-state index contributed by atoms with van der Waals surface area (Å²) in [5.74, 6) is 0.300. The minimum Gasteiger partial charge on any atom is -0.478 e. The first-order valence-corrected chi connectivity index (χ1v) is 9.71. The van der Waals surface area contributed by atoms with Gasteiger partial charge in [-0.15, -0.1) is 0 Å². The number of aliphatic hydroxyl groups is 1. The molecule has 6 heteroatoms. The Hall–Kier alpha value is -2.37. The molecule has 1 amide bonds. The number of carbonyl (C=O) groups excluding carboxylic acids is 2. The number of halogens is 1. The van der Waals surface area contributed by atoms with E-state index in [2.05, 4.69) is 0 Å². The lowest BCUT2D eigenvalue weighted by molar-refractivity contribution is -0.147. The molecule has 1 aliphatic heterocycles. The fraction of sp³-hybridized carbons (Fsp3) is 0.364. The second-order valence-corrected chi connectivity index (χ2v) is 7.93. The smallest absolute Gasteiger partial charge is 0.266 e. The summed E-state index contributed by atoms with van der Waals surface area (Å²) in [5.41, 5.74) is 0.0500. The summed E-state index contributed by atoms with van der Waals surface area (Å²) in [6, 6.07) is 13.5. The Morgan fingerprint density at radius 3 is 2.04 bits per heavy atom. The van der Waals surface area contributed by atoms with Crippen molar-refractivity contribution in [3.8, 4) is 5.75 Å². The van der Waals surface area contributed by atoms with Crippen LogP contribution in [-0.2, 0) is 4.79 Å². The van der Waals surface area contributed by atoms with Crippen molar-refractivity contribution in [1.82, 2.24) is 4.90 Å². The lowest BCUT2D eigenvalue weighted by Crippen LogP contribution is -2.51. The Morgan fingerprint density at radius 2 is 1.50 bits per heavy atom. The van der Waals surface area contributed by atoms with E-state index in [1.54, 1.807) is 67.3 Å². The molecule has 0 atom stereocenters. The van der Waals surface area contributed by atoms with Gasteiger partial charge in [-0.2, -0.15) is 0 Å². The monoisotopic (exact) mass is 401 g/mol. The number of amides is 1. The van der Waals surface area contributed by atoms with Crippen LogP contribution in [0.5, 0.6) is 5.75 Å². The Kier molecular flexibility index (Phi) is 6.06. The van der Waals surface area contributed by atoms with Crippen molar-refractivity contribution in [2.45, 2.75) is 38.4 Å². The maximum absolute atomic E-state index is 12.8. The Bertz CT molecular complexity index is 838. The third-order valence-electron chi connectivity index (χ3n) is 4.86. The largest absolute Gasteiger partial charge is 0.478 e. The molecule has 1 saturated heterocycles. The van der Waals surface area contributed by atoms with Crippen molar-refractivity contribution in [3.63, 3.8) is 0 Å². The van der Waals surface area contributed by atoms with Crippen LogP contribution >= 0.6 is 11.6 Å². The van der Waals surface area contributed by atoms with Gasteiger partial charge in [0.2, 0.25) is 0 Å². The normalized spacial score (nSPS) is 15.4. The molecule has 28 heavy (non-hydrogen) atoms. The molecule has 0 radical (unpaired) electrons. The number of likely N-dealkylation sites (tertiary alicyclic amines) is 1. The summed E-state index contributed by atoms with van der Waals surface area (Å²) >= 11 is 5.86. The third kappa shape index (κ3) is 4.72. The molecule has 1 fully saturated rings. The summed E-state index contributed by atoms with van der Waals surface area (Å²) in [6.45, 7) is 4.52. The number of nitrogens with zero attached hydrogens (tertiary/aromatic N) is 1. The van der Waals surface area contributed by atoms with E-state index in [9.17, 15) is 14.7 Å². The lowest BCUT2D eigenvalue weighted by Gasteiger charge is -2.35. The van der Waals surface area contributed by atoms with Crippen molar-refractivity contribution >= 4 is 23.3 Å². The Morgan fingerprint density at radius 1 is 1.00 bits per heavy atom. The van der Waals surface area contributed by atoms with E-state index in [1.165, 1.54) is 0 Å². The maximum atomic E-state index is 12.8. The zero-order chi connectivity index (χ0) is 20.3. The van der Waals surface area contributed by atoms with Crippen LogP contribution in [0.25, 0.3) is 0 Å². The van der Waals surface area contributed by atoms with Crippen LogP contribution < -0.4 is 4.74 Å². The van der Waals surface area contributed by atoms with Crippen molar-refractivity contribution in [3.05, 3.63) is 64.7 Å². The minimum atomic E-state index is -1.04. The van der Waals surface area contributed by atoms with Crippen LogP contribution in [0.1, 0.15) is 42.6 Å². The number of rotatable bonds is 5. The van der Waals surface area contributed by atoms with Gasteiger partial charge >= 0.3 is 0 Å². The molecular weight excluding hydrogens is 378 g/mol. The summed E-state index contributed by atoms with van der Waals surface area (Å²) in [7, 11) is 0. The Labute approximate surface area is 169 Å². The number of aliphatic hydroxyl groups excluding tert-OH is 1. The zero-order valence-corrected chi connectivity index (χ0v) is 16.8. The van der Waals surface area contributed by atoms with Crippen molar-refractivity contribution < 1.29 is 19.4 Å². The van der Waals surface area contributed by atoms with Crippen LogP contribution in [0.2, 0.25) is 5.02 Å². The van der Waals surface area contributed by atoms with Crippen LogP contribution in [0.4, 0.5) is 0 Å². The second kappa shape index (κ2) is 8.33. The van der Waals surface area contributed by atoms with Crippen LogP contribution in [0.15, 0.2) is 48.5 Å². The highest BCUT2D eigenvalue weighted by Gasteiger charge is 2.35. The van der Waals surface area contributed by atoms with Crippen LogP contribution in [0.3, 0.4) is 0 Å². The van der Waals surface area contributed by atoms with Gasteiger partial charge in [0.05, 0.1) is 6.10 Å². The first-order valence-electron chi connectivity index (χ1n) is 9.33. The molecule has 2 aromatic rings. The van der Waals surface area contributed by atoms with Gasteiger partial charge in [-0.05, 0) is 75.2 Å². The number of hydrogen-bond acceptors (Lipinski definition) is 4. The Balaban J connectivity index is 1.66. The van der Waals surface area contributed by atoms with Gasteiger partial charge in [-0.3, -0.25) is 9.59 Å². The molecule has 1 N–H and O–H groups in total. The molecule has 148 valence electrons. The summed E-state index contributed by atoms with van der Waals surface area (Å²) in [5, 5.41) is 10.2. The molecule has 0 unspecified atom stereocenters. The lowest BCUT2D eigenvalue weighted by atomic mass is 10.0. The van der Waals surface area contributed by atoms with E-state index in [4.69, 9.17) is 16.3 Å². The molecule has 3 rings (SSSR count). The molecule has 1 heterocycles. The number of ketones is 1. The van der Waals surface area contributed by atoms with Gasteiger partial charge in [0.1, 0.15) is 5.75 Å². The second-order valence-electron chi connectivity index (χ2n) is 7.50. The molecule has 0 bridgehead atoms. The molecule has 0 aliphatic carbocycles. The molecule has 2 aromatic carbocycles. The summed E-state index contributed by atoms with van der Waals surface area (Å²) in [6.07, 6.45) is 0.839. The van der Waals surface area contributed by atoms with Gasteiger partial charge in [0, 0.05) is 29.2 Å². The molecule has 1 aliphatic rings. The standard InChI is InChI=1S/C22H24ClNO4/c1-22(2,21(27)24-13-11-18(25)12-14-24)28-19-9-5-16(6-10-19)20(26)15-3-7-17(23)8-4-15/h3-10,18,25H,11-14H2,1-2H3. The van der Waals surface area contributed by atoms with Crippen molar-refractivity contribution in [2.75, 3.05) is 13.1 Å². The first kappa shape index (κ1) is 20.4. The molecule has 5 nitrogen and oxygen atoms in total. The number of carbonyl (C=O) groups is 2. The van der Waals surface area contributed by atoms with Gasteiger partial charge in [-0.1, -0.05) is 11.6 Å². The summed E-state index contributed by atoms with van der Waals surface area (Å²) < 4.78 is 5.92. The van der Waals surface area contributed by atoms with Crippen molar-refractivity contribution in [2.24, 2.45) is 0 Å². The van der Waals surface area contributed by atoms with E-state index < -0.39 is 5.60 Å². The van der Waals surface area contributed by atoms with Crippen molar-refractivity contribution in [1.29, 1.82) is 0 Å². The number of piperidine rings is 1. The van der Waals surface area contributed by atoms with Gasteiger partial charge < -0.3 is 14.7 Å². The molecular formula is C22H24ClNO4. The zero-order valence-electron chi connectivity index (χ0n) is 16.0. The van der Waals surface area contributed by atoms with Gasteiger partial charge in [0.15, 0.2) is 11.4 Å². The predicted molar refractivity (Wildman–Crippen MR) is 108 cm³/mol. The fourth-order valence-electron chi connectivity index (χ4n) is 3.23. The molecule has 0 spiro atoms. The van der Waals surface area contributed by atoms with E-state index in [0.29, 0.717) is 47.8 Å². The molecule has 0 saturated carbocycles.